The Morgan fingerprint density at radius 3 is 2.73 bits per heavy atom. The van der Waals surface area contributed by atoms with Crippen LogP contribution in [0.4, 0.5) is 0 Å². The highest BCUT2D eigenvalue weighted by molar-refractivity contribution is 7.99. The fraction of sp³-hybridized carbons (Fsp3) is 0.500. The molecule has 1 N–H and O–H groups in total. The summed E-state index contributed by atoms with van der Waals surface area (Å²) < 4.78 is 5.90. The van der Waals surface area contributed by atoms with E-state index in [1.807, 2.05) is 36.0 Å². The maximum Gasteiger partial charge on any atom is 0.125 e. The van der Waals surface area contributed by atoms with E-state index in [4.69, 9.17) is 9.84 Å². The maximum atomic E-state index is 9.16. The Balaban J connectivity index is 2.02. The molecule has 0 radical (unpaired) electrons. The average molecular weight is 224 g/mol. The fourth-order valence-electron chi connectivity index (χ4n) is 1.72. The Labute approximate surface area is 94.6 Å². The van der Waals surface area contributed by atoms with E-state index >= 15 is 0 Å². The largest absolute Gasteiger partial charge is 0.490 e. The fourth-order valence-corrected chi connectivity index (χ4v) is 2.79. The van der Waals surface area contributed by atoms with Crippen molar-refractivity contribution in [2.45, 2.75) is 25.6 Å². The van der Waals surface area contributed by atoms with Crippen LogP contribution in [0.5, 0.6) is 5.75 Å². The summed E-state index contributed by atoms with van der Waals surface area (Å²) in [4.78, 5) is 0. The van der Waals surface area contributed by atoms with Crippen LogP contribution in [0.2, 0.25) is 0 Å². The van der Waals surface area contributed by atoms with E-state index in [9.17, 15) is 0 Å². The summed E-state index contributed by atoms with van der Waals surface area (Å²) in [6.07, 6.45) is 2.56. The monoisotopic (exact) mass is 224 g/mol. The lowest BCUT2D eigenvalue weighted by Crippen LogP contribution is -2.22. The van der Waals surface area contributed by atoms with Crippen molar-refractivity contribution in [1.29, 1.82) is 0 Å². The summed E-state index contributed by atoms with van der Waals surface area (Å²) in [5.41, 5.74) is 0.885. The zero-order valence-electron chi connectivity index (χ0n) is 8.69. The van der Waals surface area contributed by atoms with E-state index in [0.717, 1.165) is 24.2 Å². The number of hydrogen-bond donors (Lipinski definition) is 1. The molecule has 15 heavy (non-hydrogen) atoms. The van der Waals surface area contributed by atoms with Crippen LogP contribution in [-0.2, 0) is 6.61 Å². The molecule has 0 amide bonds. The van der Waals surface area contributed by atoms with Crippen molar-refractivity contribution in [2.75, 3.05) is 11.5 Å². The molecular weight excluding hydrogens is 208 g/mol. The standard InChI is InChI=1S/C12H16O2S/c13-9-10-3-1-2-4-12(10)14-11-5-7-15-8-6-11/h1-4,11,13H,5-9H2. The first-order chi connectivity index (χ1) is 7.40. The predicted molar refractivity (Wildman–Crippen MR) is 63.3 cm³/mol. The second-order valence-corrected chi connectivity index (χ2v) is 4.92. The summed E-state index contributed by atoms with van der Waals surface area (Å²) in [5, 5.41) is 9.16. The van der Waals surface area contributed by atoms with Gasteiger partial charge in [0.05, 0.1) is 6.61 Å². The minimum atomic E-state index is 0.0532. The number of benzene rings is 1. The second kappa shape index (κ2) is 5.42. The molecule has 2 rings (SSSR count). The van der Waals surface area contributed by atoms with Crippen LogP contribution in [0, 0.1) is 0 Å². The van der Waals surface area contributed by atoms with Gasteiger partial charge in [0.1, 0.15) is 11.9 Å². The van der Waals surface area contributed by atoms with Crippen molar-refractivity contribution < 1.29 is 9.84 Å². The van der Waals surface area contributed by atoms with Crippen LogP contribution in [0.15, 0.2) is 24.3 Å². The predicted octanol–water partition coefficient (Wildman–Crippen LogP) is 2.45. The van der Waals surface area contributed by atoms with Gasteiger partial charge >= 0.3 is 0 Å². The van der Waals surface area contributed by atoms with Crippen molar-refractivity contribution in [1.82, 2.24) is 0 Å². The van der Waals surface area contributed by atoms with Crippen molar-refractivity contribution in [3.8, 4) is 5.75 Å². The molecule has 0 unspecified atom stereocenters. The van der Waals surface area contributed by atoms with Gasteiger partial charge in [-0.3, -0.25) is 0 Å². The van der Waals surface area contributed by atoms with Gasteiger partial charge in [-0.2, -0.15) is 11.8 Å². The van der Waals surface area contributed by atoms with Gasteiger partial charge in [0, 0.05) is 5.56 Å². The Morgan fingerprint density at radius 2 is 2.00 bits per heavy atom. The highest BCUT2D eigenvalue weighted by Gasteiger charge is 2.16. The number of ether oxygens (including phenoxy) is 1. The van der Waals surface area contributed by atoms with Gasteiger partial charge in [-0.05, 0) is 30.4 Å². The molecule has 0 atom stereocenters. The van der Waals surface area contributed by atoms with E-state index in [2.05, 4.69) is 0 Å². The van der Waals surface area contributed by atoms with E-state index in [0.29, 0.717) is 6.10 Å². The van der Waals surface area contributed by atoms with Gasteiger partial charge in [-0.15, -0.1) is 0 Å². The van der Waals surface area contributed by atoms with Gasteiger partial charge in [0.25, 0.3) is 0 Å². The molecule has 0 bridgehead atoms. The molecule has 1 aromatic rings. The first-order valence-corrected chi connectivity index (χ1v) is 6.49. The van der Waals surface area contributed by atoms with Crippen molar-refractivity contribution >= 4 is 11.8 Å². The minimum absolute atomic E-state index is 0.0532. The number of aliphatic hydroxyl groups excluding tert-OH is 1. The lowest BCUT2D eigenvalue weighted by atomic mass is 10.2. The topological polar surface area (TPSA) is 29.5 Å². The first-order valence-electron chi connectivity index (χ1n) is 5.33. The average Bonchev–Trinajstić information content (AvgIpc) is 2.31. The lowest BCUT2D eigenvalue weighted by Gasteiger charge is -2.23. The molecule has 0 aromatic heterocycles. The smallest absolute Gasteiger partial charge is 0.125 e. The summed E-state index contributed by atoms with van der Waals surface area (Å²) in [6, 6.07) is 7.72. The van der Waals surface area contributed by atoms with Crippen molar-refractivity contribution in [3.63, 3.8) is 0 Å². The molecule has 1 saturated heterocycles. The molecule has 1 heterocycles. The Hall–Kier alpha value is -0.670. The molecule has 3 heteroatoms. The molecule has 1 aliphatic rings. The van der Waals surface area contributed by atoms with E-state index in [1.165, 1.54) is 11.5 Å². The molecule has 1 aliphatic heterocycles. The molecule has 1 fully saturated rings. The molecule has 1 aromatic carbocycles. The second-order valence-electron chi connectivity index (χ2n) is 3.70. The maximum absolute atomic E-state index is 9.16. The van der Waals surface area contributed by atoms with E-state index in [1.54, 1.807) is 0 Å². The first kappa shape index (κ1) is 10.8. The number of hydrogen-bond acceptors (Lipinski definition) is 3. The Kier molecular flexibility index (Phi) is 3.92. The van der Waals surface area contributed by atoms with Crippen LogP contribution >= 0.6 is 11.8 Å². The Morgan fingerprint density at radius 1 is 1.27 bits per heavy atom. The van der Waals surface area contributed by atoms with Crippen LogP contribution in [0.1, 0.15) is 18.4 Å². The lowest BCUT2D eigenvalue weighted by molar-refractivity contribution is 0.184. The van der Waals surface area contributed by atoms with Crippen molar-refractivity contribution in [2.24, 2.45) is 0 Å². The third-order valence-corrected chi connectivity index (χ3v) is 3.65. The molecule has 82 valence electrons. The Bertz CT molecular complexity index is 308. The highest BCUT2D eigenvalue weighted by Crippen LogP contribution is 2.25. The molecule has 0 aliphatic carbocycles. The molecule has 0 saturated carbocycles. The van der Waals surface area contributed by atoms with Crippen LogP contribution < -0.4 is 4.74 Å². The van der Waals surface area contributed by atoms with Crippen molar-refractivity contribution in [3.05, 3.63) is 29.8 Å². The van der Waals surface area contributed by atoms with Crippen LogP contribution in [-0.4, -0.2) is 22.7 Å². The summed E-state index contributed by atoms with van der Waals surface area (Å²) in [7, 11) is 0. The van der Waals surface area contributed by atoms with E-state index in [-0.39, 0.29) is 6.61 Å². The minimum Gasteiger partial charge on any atom is -0.490 e. The number of para-hydroxylation sites is 1. The van der Waals surface area contributed by atoms with Crippen LogP contribution in [0.25, 0.3) is 0 Å². The van der Waals surface area contributed by atoms with E-state index < -0.39 is 0 Å². The van der Waals surface area contributed by atoms with Gasteiger partial charge in [0.15, 0.2) is 0 Å². The number of thioether (sulfide) groups is 1. The van der Waals surface area contributed by atoms with Crippen LogP contribution in [0.3, 0.4) is 0 Å². The SMILES string of the molecule is OCc1ccccc1OC1CCSCC1. The van der Waals surface area contributed by atoms with Gasteiger partial charge in [-0.1, -0.05) is 18.2 Å². The summed E-state index contributed by atoms with van der Waals surface area (Å²) in [5.74, 6) is 3.22. The third-order valence-electron chi connectivity index (χ3n) is 2.60. The van der Waals surface area contributed by atoms with Gasteiger partial charge < -0.3 is 9.84 Å². The summed E-state index contributed by atoms with van der Waals surface area (Å²) >= 11 is 1.99. The molecule has 2 nitrogen and oxygen atoms in total. The molecule has 0 spiro atoms. The van der Waals surface area contributed by atoms with Gasteiger partial charge in [-0.25, -0.2) is 0 Å². The highest BCUT2D eigenvalue weighted by atomic mass is 32.2. The third kappa shape index (κ3) is 2.89. The normalized spacial score (nSPS) is 17.7. The molecular formula is C12H16O2S. The zero-order valence-corrected chi connectivity index (χ0v) is 9.50. The van der Waals surface area contributed by atoms with Gasteiger partial charge in [0.2, 0.25) is 0 Å². The summed E-state index contributed by atoms with van der Waals surface area (Å²) in [6.45, 7) is 0.0532. The quantitative estimate of drug-likeness (QED) is 0.855. The number of rotatable bonds is 3. The number of aliphatic hydroxyl groups is 1. The zero-order chi connectivity index (χ0) is 10.5.